The van der Waals surface area contributed by atoms with Crippen LogP contribution < -0.4 is 5.32 Å². The van der Waals surface area contributed by atoms with Crippen molar-refractivity contribution in [3.63, 3.8) is 0 Å². The number of hydrogen-bond acceptors (Lipinski definition) is 3. The minimum atomic E-state index is -0.351. The summed E-state index contributed by atoms with van der Waals surface area (Å²) in [6, 6.07) is 5.50. The molecule has 2 atom stereocenters. The molecule has 0 heterocycles. The molecule has 2 nitrogen and oxygen atoms in total. The van der Waals surface area contributed by atoms with Gasteiger partial charge in [-0.25, -0.2) is 0 Å². The molecule has 0 saturated heterocycles. The first-order chi connectivity index (χ1) is 8.04. The van der Waals surface area contributed by atoms with Crippen molar-refractivity contribution >= 4 is 35.0 Å². The van der Waals surface area contributed by atoms with Gasteiger partial charge in [0.05, 0.1) is 6.10 Å². The molecule has 0 bridgehead atoms. The van der Waals surface area contributed by atoms with Crippen molar-refractivity contribution < 1.29 is 5.11 Å². The summed E-state index contributed by atoms with van der Waals surface area (Å²) in [6.45, 7) is 2.61. The Kier molecular flexibility index (Phi) is 6.67. The quantitative estimate of drug-likeness (QED) is 0.845. The van der Waals surface area contributed by atoms with E-state index in [0.717, 1.165) is 11.3 Å². The van der Waals surface area contributed by atoms with Gasteiger partial charge in [-0.3, -0.25) is 0 Å². The summed E-state index contributed by atoms with van der Waals surface area (Å²) in [7, 11) is 1.83. The number of nitrogens with one attached hydrogen (secondary N) is 1. The van der Waals surface area contributed by atoms with Crippen molar-refractivity contribution in [3.05, 3.63) is 33.8 Å². The number of benzene rings is 1. The Morgan fingerprint density at radius 1 is 1.41 bits per heavy atom. The lowest BCUT2D eigenvalue weighted by atomic mass is 10.2. The van der Waals surface area contributed by atoms with E-state index in [1.54, 1.807) is 17.8 Å². The largest absolute Gasteiger partial charge is 0.391 e. The van der Waals surface area contributed by atoms with Gasteiger partial charge in [-0.2, -0.15) is 11.8 Å². The van der Waals surface area contributed by atoms with Crippen LogP contribution in [0.25, 0.3) is 0 Å². The standard InChI is InChI=1S/C12H17Cl2NOS/c1-8(12(16)6-15-2)17-7-9-3-4-10(13)5-11(9)14/h3-5,8,12,15-16H,6-7H2,1-2H3. The van der Waals surface area contributed by atoms with Crippen LogP contribution in [0.15, 0.2) is 18.2 Å². The molecule has 0 aliphatic rings. The molecule has 0 aromatic heterocycles. The lowest BCUT2D eigenvalue weighted by Crippen LogP contribution is -2.31. The van der Waals surface area contributed by atoms with Gasteiger partial charge in [-0.05, 0) is 24.7 Å². The lowest BCUT2D eigenvalue weighted by Gasteiger charge is -2.18. The van der Waals surface area contributed by atoms with Crippen LogP contribution in [0, 0.1) is 0 Å². The molecule has 2 N–H and O–H groups in total. The van der Waals surface area contributed by atoms with Crippen LogP contribution in [0.1, 0.15) is 12.5 Å². The van der Waals surface area contributed by atoms with E-state index >= 15 is 0 Å². The Morgan fingerprint density at radius 2 is 2.12 bits per heavy atom. The van der Waals surface area contributed by atoms with Crippen molar-refractivity contribution in [2.45, 2.75) is 24.0 Å². The number of thioether (sulfide) groups is 1. The number of aliphatic hydroxyl groups excluding tert-OH is 1. The maximum absolute atomic E-state index is 9.77. The van der Waals surface area contributed by atoms with Gasteiger partial charge in [0, 0.05) is 27.6 Å². The fourth-order valence-corrected chi connectivity index (χ4v) is 2.91. The van der Waals surface area contributed by atoms with Crippen LogP contribution in [-0.2, 0) is 5.75 Å². The highest BCUT2D eigenvalue weighted by atomic mass is 35.5. The molecule has 17 heavy (non-hydrogen) atoms. The minimum absolute atomic E-state index is 0.161. The summed E-state index contributed by atoms with van der Waals surface area (Å²) < 4.78 is 0. The molecule has 0 aliphatic heterocycles. The first-order valence-corrected chi connectivity index (χ1v) is 7.23. The second kappa shape index (κ2) is 7.49. The number of likely N-dealkylation sites (N-methyl/N-ethyl adjacent to an activating group) is 1. The third kappa shape index (κ3) is 5.06. The molecule has 96 valence electrons. The molecule has 1 aromatic carbocycles. The van der Waals surface area contributed by atoms with Crippen molar-refractivity contribution in [2.75, 3.05) is 13.6 Å². The van der Waals surface area contributed by atoms with Crippen molar-refractivity contribution in [2.24, 2.45) is 0 Å². The second-order valence-electron chi connectivity index (χ2n) is 3.88. The maximum atomic E-state index is 9.77. The summed E-state index contributed by atoms with van der Waals surface area (Å²) in [5.41, 5.74) is 1.05. The average molecular weight is 294 g/mol. The molecular formula is C12H17Cl2NOS. The lowest BCUT2D eigenvalue weighted by molar-refractivity contribution is 0.175. The average Bonchev–Trinajstić information content (AvgIpc) is 2.27. The Morgan fingerprint density at radius 3 is 2.71 bits per heavy atom. The zero-order chi connectivity index (χ0) is 12.8. The van der Waals surface area contributed by atoms with Crippen molar-refractivity contribution in [1.29, 1.82) is 0 Å². The highest BCUT2D eigenvalue weighted by Gasteiger charge is 2.14. The number of halogens is 2. The Bertz CT molecular complexity index is 362. The highest BCUT2D eigenvalue weighted by molar-refractivity contribution is 7.99. The van der Waals surface area contributed by atoms with Gasteiger partial charge >= 0.3 is 0 Å². The Labute approximate surface area is 117 Å². The van der Waals surface area contributed by atoms with Crippen LogP contribution in [0.5, 0.6) is 0 Å². The molecule has 0 aliphatic carbocycles. The first-order valence-electron chi connectivity index (χ1n) is 5.42. The van der Waals surface area contributed by atoms with E-state index in [-0.39, 0.29) is 11.4 Å². The van der Waals surface area contributed by atoms with Crippen molar-refractivity contribution in [3.8, 4) is 0 Å². The zero-order valence-electron chi connectivity index (χ0n) is 9.91. The number of hydrogen-bond donors (Lipinski definition) is 2. The van der Waals surface area contributed by atoms with E-state index in [4.69, 9.17) is 23.2 Å². The van der Waals surface area contributed by atoms with Crippen LogP contribution in [0.3, 0.4) is 0 Å². The van der Waals surface area contributed by atoms with E-state index in [9.17, 15) is 5.11 Å². The van der Waals surface area contributed by atoms with E-state index < -0.39 is 0 Å². The smallest absolute Gasteiger partial charge is 0.0780 e. The zero-order valence-corrected chi connectivity index (χ0v) is 12.2. The summed E-state index contributed by atoms with van der Waals surface area (Å²) in [5.74, 6) is 0.776. The fraction of sp³-hybridized carbons (Fsp3) is 0.500. The molecule has 2 unspecified atom stereocenters. The van der Waals surface area contributed by atoms with Gasteiger partial charge in [0.1, 0.15) is 0 Å². The minimum Gasteiger partial charge on any atom is -0.391 e. The predicted molar refractivity (Wildman–Crippen MR) is 77.2 cm³/mol. The van der Waals surface area contributed by atoms with Crippen LogP contribution in [0.4, 0.5) is 0 Å². The van der Waals surface area contributed by atoms with E-state index in [1.807, 2.05) is 26.1 Å². The third-order valence-electron chi connectivity index (χ3n) is 2.47. The Hall–Kier alpha value is 0.0700. The van der Waals surface area contributed by atoms with Gasteiger partial charge in [0.25, 0.3) is 0 Å². The molecule has 0 spiro atoms. The molecular weight excluding hydrogens is 277 g/mol. The molecule has 1 aromatic rings. The SMILES string of the molecule is CNCC(O)C(C)SCc1ccc(Cl)cc1Cl. The molecule has 0 saturated carbocycles. The van der Waals surface area contributed by atoms with Gasteiger partial charge < -0.3 is 10.4 Å². The summed E-state index contributed by atoms with van der Waals surface area (Å²) in [4.78, 5) is 0. The Balaban J connectivity index is 2.49. The summed E-state index contributed by atoms with van der Waals surface area (Å²) in [6.07, 6.45) is -0.351. The van der Waals surface area contributed by atoms with Crippen LogP contribution in [-0.4, -0.2) is 30.1 Å². The van der Waals surface area contributed by atoms with Gasteiger partial charge in [-0.15, -0.1) is 0 Å². The predicted octanol–water partition coefficient (Wildman–Crippen LogP) is 3.20. The molecule has 1 rings (SSSR count). The van der Waals surface area contributed by atoms with Gasteiger partial charge in [-0.1, -0.05) is 36.2 Å². The monoisotopic (exact) mass is 293 g/mol. The highest BCUT2D eigenvalue weighted by Crippen LogP contribution is 2.27. The van der Waals surface area contributed by atoms with E-state index in [0.29, 0.717) is 16.6 Å². The summed E-state index contributed by atoms with van der Waals surface area (Å²) in [5, 5.41) is 14.2. The topological polar surface area (TPSA) is 32.3 Å². The van der Waals surface area contributed by atoms with Gasteiger partial charge in [0.2, 0.25) is 0 Å². The molecule has 0 fully saturated rings. The number of aliphatic hydroxyl groups is 1. The normalized spacial score (nSPS) is 14.6. The van der Waals surface area contributed by atoms with E-state index in [1.165, 1.54) is 0 Å². The number of rotatable bonds is 6. The first kappa shape index (κ1) is 15.1. The van der Waals surface area contributed by atoms with Gasteiger partial charge in [0.15, 0.2) is 0 Å². The van der Waals surface area contributed by atoms with Crippen LogP contribution >= 0.6 is 35.0 Å². The molecule has 0 radical (unpaired) electrons. The second-order valence-corrected chi connectivity index (χ2v) is 6.09. The maximum Gasteiger partial charge on any atom is 0.0780 e. The molecule has 5 heteroatoms. The van der Waals surface area contributed by atoms with E-state index in [2.05, 4.69) is 5.32 Å². The van der Waals surface area contributed by atoms with Crippen molar-refractivity contribution in [1.82, 2.24) is 5.32 Å². The molecule has 0 amide bonds. The van der Waals surface area contributed by atoms with Crippen LogP contribution in [0.2, 0.25) is 10.0 Å². The summed E-state index contributed by atoms with van der Waals surface area (Å²) >= 11 is 13.6. The fourth-order valence-electron chi connectivity index (χ4n) is 1.35. The third-order valence-corrected chi connectivity index (χ3v) is 4.38.